The van der Waals surface area contributed by atoms with E-state index < -0.39 is 0 Å². The molecule has 10 heteroatoms. The van der Waals surface area contributed by atoms with E-state index in [2.05, 4.69) is 25.6 Å². The van der Waals surface area contributed by atoms with Crippen molar-refractivity contribution in [1.29, 1.82) is 0 Å². The molecule has 0 aromatic carbocycles. The van der Waals surface area contributed by atoms with Crippen LogP contribution in [0.1, 0.15) is 11.6 Å². The van der Waals surface area contributed by atoms with E-state index in [1.165, 1.54) is 0 Å². The maximum absolute atomic E-state index is 12.5. The number of amides is 1. The number of hydrogen-bond donors (Lipinski definition) is 1. The number of rotatable bonds is 3. The molecular weight excluding hydrogens is 322 g/mol. The number of carbonyl (C=O) groups is 1. The highest BCUT2D eigenvalue weighted by Crippen LogP contribution is 2.16. The van der Waals surface area contributed by atoms with Crippen molar-refractivity contribution in [2.45, 2.75) is 13.5 Å². The van der Waals surface area contributed by atoms with Gasteiger partial charge in [-0.15, -0.1) is 10.2 Å². The summed E-state index contributed by atoms with van der Waals surface area (Å²) in [5.41, 5.74) is 0.824. The number of aryl methyl sites for hydroxylation is 2. The summed E-state index contributed by atoms with van der Waals surface area (Å²) in [6, 6.07) is 0. The van der Waals surface area contributed by atoms with Crippen LogP contribution in [0.15, 0.2) is 17.4 Å². The third-order valence-electron chi connectivity index (χ3n) is 4.32. The van der Waals surface area contributed by atoms with Crippen LogP contribution in [-0.2, 0) is 25.4 Å². The van der Waals surface area contributed by atoms with E-state index in [0.717, 1.165) is 17.3 Å². The van der Waals surface area contributed by atoms with E-state index in [9.17, 15) is 4.79 Å². The zero-order chi connectivity index (χ0) is 18.0. The Bertz CT molecular complexity index is 791. The van der Waals surface area contributed by atoms with Gasteiger partial charge in [0.1, 0.15) is 12.4 Å². The maximum Gasteiger partial charge on any atom is 0.246 e. The van der Waals surface area contributed by atoms with Gasteiger partial charge in [0.05, 0.1) is 18.4 Å². The van der Waals surface area contributed by atoms with E-state index in [1.54, 1.807) is 22.8 Å². The second-order valence-corrected chi connectivity index (χ2v) is 5.96. The molecule has 1 fully saturated rings. The largest absolute Gasteiger partial charge is 0.349 e. The Labute approximate surface area is 146 Å². The SMILES string of the molecule is CN=C(NCc1nnc(C)n1C)N1CCN(c2cnn(C)c2)C(=O)C1. The van der Waals surface area contributed by atoms with Gasteiger partial charge in [-0.25, -0.2) is 0 Å². The molecule has 0 atom stereocenters. The van der Waals surface area contributed by atoms with Crippen molar-refractivity contribution in [2.24, 2.45) is 19.1 Å². The van der Waals surface area contributed by atoms with Gasteiger partial charge in [0.25, 0.3) is 0 Å². The molecule has 0 unspecified atom stereocenters. The summed E-state index contributed by atoms with van der Waals surface area (Å²) >= 11 is 0. The van der Waals surface area contributed by atoms with Crippen molar-refractivity contribution < 1.29 is 4.79 Å². The fraction of sp³-hybridized carbons (Fsp3) is 0.533. The molecule has 3 rings (SSSR count). The molecule has 10 nitrogen and oxygen atoms in total. The fourth-order valence-corrected chi connectivity index (χ4v) is 2.77. The molecule has 0 saturated carbocycles. The Morgan fingerprint density at radius 1 is 1.32 bits per heavy atom. The van der Waals surface area contributed by atoms with Crippen LogP contribution in [0.3, 0.4) is 0 Å². The third kappa shape index (κ3) is 3.47. The van der Waals surface area contributed by atoms with E-state index in [4.69, 9.17) is 0 Å². The summed E-state index contributed by atoms with van der Waals surface area (Å²) < 4.78 is 3.62. The summed E-state index contributed by atoms with van der Waals surface area (Å²) in [6.07, 6.45) is 3.55. The van der Waals surface area contributed by atoms with Crippen LogP contribution in [0.25, 0.3) is 0 Å². The molecule has 1 saturated heterocycles. The monoisotopic (exact) mass is 345 g/mol. The number of nitrogens with zero attached hydrogens (tertiary/aromatic N) is 8. The lowest BCUT2D eigenvalue weighted by molar-refractivity contribution is -0.120. The lowest BCUT2D eigenvalue weighted by Crippen LogP contribution is -2.55. The van der Waals surface area contributed by atoms with E-state index in [0.29, 0.717) is 25.6 Å². The number of piperazine rings is 1. The molecule has 0 bridgehead atoms. The van der Waals surface area contributed by atoms with Gasteiger partial charge in [0.2, 0.25) is 5.91 Å². The van der Waals surface area contributed by atoms with Crippen molar-refractivity contribution in [3.8, 4) is 0 Å². The first-order valence-electron chi connectivity index (χ1n) is 8.09. The maximum atomic E-state index is 12.5. The van der Waals surface area contributed by atoms with Crippen molar-refractivity contribution in [3.63, 3.8) is 0 Å². The van der Waals surface area contributed by atoms with Gasteiger partial charge in [-0.3, -0.25) is 14.5 Å². The Balaban J connectivity index is 1.61. The molecule has 0 aliphatic carbocycles. The number of aromatic nitrogens is 5. The minimum absolute atomic E-state index is 0.0247. The molecule has 2 aromatic heterocycles. The highest BCUT2D eigenvalue weighted by atomic mass is 16.2. The first-order valence-corrected chi connectivity index (χ1v) is 8.09. The van der Waals surface area contributed by atoms with Gasteiger partial charge >= 0.3 is 0 Å². The molecule has 1 N–H and O–H groups in total. The van der Waals surface area contributed by atoms with Crippen LogP contribution in [0.5, 0.6) is 0 Å². The molecule has 25 heavy (non-hydrogen) atoms. The van der Waals surface area contributed by atoms with Gasteiger partial charge in [0.15, 0.2) is 11.8 Å². The Morgan fingerprint density at radius 3 is 2.68 bits per heavy atom. The zero-order valence-corrected chi connectivity index (χ0v) is 15.0. The molecule has 0 spiro atoms. The summed E-state index contributed by atoms with van der Waals surface area (Å²) in [4.78, 5) is 20.5. The quantitative estimate of drug-likeness (QED) is 0.583. The normalized spacial score (nSPS) is 15.8. The Morgan fingerprint density at radius 2 is 2.12 bits per heavy atom. The third-order valence-corrected chi connectivity index (χ3v) is 4.32. The van der Waals surface area contributed by atoms with Gasteiger partial charge in [0, 0.05) is 40.4 Å². The number of aliphatic imine (C=N–C) groups is 1. The minimum Gasteiger partial charge on any atom is -0.349 e. The van der Waals surface area contributed by atoms with Crippen LogP contribution in [0, 0.1) is 6.92 Å². The second kappa shape index (κ2) is 6.91. The average molecular weight is 345 g/mol. The van der Waals surface area contributed by atoms with E-state index >= 15 is 0 Å². The smallest absolute Gasteiger partial charge is 0.246 e. The number of nitrogens with one attached hydrogen (secondary N) is 1. The second-order valence-electron chi connectivity index (χ2n) is 5.96. The molecule has 2 aromatic rings. The number of hydrogen-bond acceptors (Lipinski definition) is 5. The topological polar surface area (TPSA) is 96.5 Å². The van der Waals surface area contributed by atoms with E-state index in [-0.39, 0.29) is 12.5 Å². The first-order chi connectivity index (χ1) is 12.0. The minimum atomic E-state index is 0.0247. The van der Waals surface area contributed by atoms with Gasteiger partial charge in [-0.1, -0.05) is 0 Å². The molecule has 134 valence electrons. The van der Waals surface area contributed by atoms with Crippen LogP contribution >= 0.6 is 0 Å². The molecule has 1 amide bonds. The molecule has 1 aliphatic rings. The predicted octanol–water partition coefficient (Wildman–Crippen LogP) is -0.719. The number of anilines is 1. The summed E-state index contributed by atoms with van der Waals surface area (Å²) in [5.74, 6) is 2.38. The summed E-state index contributed by atoms with van der Waals surface area (Å²) in [6.45, 7) is 3.96. The van der Waals surface area contributed by atoms with Gasteiger partial charge < -0.3 is 19.7 Å². The lowest BCUT2D eigenvalue weighted by Gasteiger charge is -2.35. The van der Waals surface area contributed by atoms with Crippen molar-refractivity contribution in [2.75, 3.05) is 31.6 Å². The molecule has 3 heterocycles. The molecular formula is C15H23N9O. The standard InChI is InChI=1S/C15H23N9O/c1-11-19-20-13(22(11)4)8-17-15(16-2)23-5-6-24(14(25)10-23)12-7-18-21(3)9-12/h7,9H,5-6,8,10H2,1-4H3,(H,16,17). The van der Waals surface area contributed by atoms with Crippen molar-refractivity contribution in [3.05, 3.63) is 24.0 Å². The van der Waals surface area contributed by atoms with Crippen molar-refractivity contribution in [1.82, 2.24) is 34.8 Å². The van der Waals surface area contributed by atoms with Crippen LogP contribution < -0.4 is 10.2 Å². The van der Waals surface area contributed by atoms with Crippen LogP contribution in [0.4, 0.5) is 5.69 Å². The highest BCUT2D eigenvalue weighted by Gasteiger charge is 2.27. The first kappa shape index (κ1) is 16.9. The Hall–Kier alpha value is -2.91. The average Bonchev–Trinajstić information content (AvgIpc) is 3.16. The number of carbonyl (C=O) groups excluding carboxylic acids is 1. The van der Waals surface area contributed by atoms with E-state index in [1.807, 2.05) is 36.7 Å². The summed E-state index contributed by atoms with van der Waals surface area (Å²) in [7, 11) is 5.47. The highest BCUT2D eigenvalue weighted by molar-refractivity contribution is 5.98. The van der Waals surface area contributed by atoms with Crippen LogP contribution in [-0.4, -0.2) is 68.0 Å². The molecule has 0 radical (unpaired) electrons. The number of guanidine groups is 1. The summed E-state index contributed by atoms with van der Waals surface area (Å²) in [5, 5.41) is 15.6. The van der Waals surface area contributed by atoms with Crippen molar-refractivity contribution >= 4 is 17.6 Å². The fourth-order valence-electron chi connectivity index (χ4n) is 2.77. The van der Waals surface area contributed by atoms with Gasteiger partial charge in [-0.05, 0) is 6.92 Å². The van der Waals surface area contributed by atoms with Gasteiger partial charge in [-0.2, -0.15) is 5.10 Å². The zero-order valence-electron chi connectivity index (χ0n) is 15.0. The van der Waals surface area contributed by atoms with Crippen LogP contribution in [0.2, 0.25) is 0 Å². The Kier molecular flexibility index (Phi) is 4.68. The lowest BCUT2D eigenvalue weighted by atomic mass is 10.3. The molecule has 1 aliphatic heterocycles. The predicted molar refractivity (Wildman–Crippen MR) is 93.1 cm³/mol.